The first kappa shape index (κ1) is 15.8. The van der Waals surface area contributed by atoms with Crippen LogP contribution < -0.4 is 5.32 Å². The highest BCUT2D eigenvalue weighted by atomic mass is 16.5. The second-order valence-corrected chi connectivity index (χ2v) is 6.63. The molecule has 2 saturated heterocycles. The maximum absolute atomic E-state index is 12.6. The Morgan fingerprint density at radius 1 is 1.35 bits per heavy atom. The summed E-state index contributed by atoms with van der Waals surface area (Å²) < 4.78 is 5.76. The van der Waals surface area contributed by atoms with Crippen molar-refractivity contribution < 1.29 is 9.53 Å². The molecule has 4 unspecified atom stereocenters. The summed E-state index contributed by atoms with van der Waals surface area (Å²) in [6.07, 6.45) is 4.60. The summed E-state index contributed by atoms with van der Waals surface area (Å²) in [7, 11) is 0. The summed E-state index contributed by atoms with van der Waals surface area (Å²) in [5.74, 6) is 1.36. The molecule has 2 heterocycles. The van der Waals surface area contributed by atoms with E-state index in [0.717, 1.165) is 38.8 Å². The quantitative estimate of drug-likeness (QED) is 0.813. The molecule has 4 atom stereocenters. The summed E-state index contributed by atoms with van der Waals surface area (Å²) in [4.78, 5) is 14.7. The third-order valence-electron chi connectivity index (χ3n) is 4.62. The first-order chi connectivity index (χ1) is 9.56. The van der Waals surface area contributed by atoms with Crippen LogP contribution in [0.15, 0.2) is 0 Å². The molecule has 2 fully saturated rings. The summed E-state index contributed by atoms with van der Waals surface area (Å²) >= 11 is 0. The minimum absolute atomic E-state index is 0.0161. The fraction of sp³-hybridized carbons (Fsp3) is 0.938. The molecule has 2 aliphatic heterocycles. The second kappa shape index (κ2) is 6.90. The van der Waals surface area contributed by atoms with Crippen LogP contribution in [0, 0.1) is 11.8 Å². The molecule has 4 heteroatoms. The topological polar surface area (TPSA) is 41.6 Å². The molecule has 0 spiro atoms. The monoisotopic (exact) mass is 282 g/mol. The van der Waals surface area contributed by atoms with E-state index in [1.165, 1.54) is 0 Å². The van der Waals surface area contributed by atoms with Crippen molar-refractivity contribution in [2.75, 3.05) is 13.2 Å². The molecule has 0 aromatic rings. The number of ether oxygens (including phenoxy) is 1. The molecular weight excluding hydrogens is 252 g/mol. The lowest BCUT2D eigenvalue weighted by atomic mass is 9.98. The number of amides is 1. The molecule has 116 valence electrons. The van der Waals surface area contributed by atoms with Crippen LogP contribution in [0.5, 0.6) is 0 Å². The Labute approximate surface area is 123 Å². The summed E-state index contributed by atoms with van der Waals surface area (Å²) in [6.45, 7) is 10.4. The van der Waals surface area contributed by atoms with Crippen LogP contribution in [0.4, 0.5) is 0 Å². The fourth-order valence-corrected chi connectivity index (χ4v) is 3.55. The van der Waals surface area contributed by atoms with E-state index in [1.807, 2.05) is 0 Å². The smallest absolute Gasteiger partial charge is 0.241 e. The van der Waals surface area contributed by atoms with Gasteiger partial charge in [0.25, 0.3) is 0 Å². The standard InChI is InChI=1S/C16H30N2O2/c1-5-14-12(7-8-20-14)10-18-15(6-2)17-13(16(18)19)9-11(3)4/h11-15,17H,5-10H2,1-4H3. The molecule has 0 saturated carbocycles. The number of carbonyl (C=O) groups excluding carboxylic acids is 1. The summed E-state index contributed by atoms with van der Waals surface area (Å²) in [5, 5.41) is 3.51. The van der Waals surface area contributed by atoms with Crippen molar-refractivity contribution >= 4 is 5.91 Å². The van der Waals surface area contributed by atoms with E-state index >= 15 is 0 Å². The van der Waals surface area contributed by atoms with Gasteiger partial charge in [0.2, 0.25) is 5.91 Å². The molecule has 0 aliphatic carbocycles. The second-order valence-electron chi connectivity index (χ2n) is 6.63. The zero-order chi connectivity index (χ0) is 14.7. The van der Waals surface area contributed by atoms with E-state index in [0.29, 0.717) is 23.8 Å². The zero-order valence-electron chi connectivity index (χ0n) is 13.4. The van der Waals surface area contributed by atoms with Gasteiger partial charge in [0.1, 0.15) is 0 Å². The minimum Gasteiger partial charge on any atom is -0.378 e. The first-order valence-electron chi connectivity index (χ1n) is 8.24. The third-order valence-corrected chi connectivity index (χ3v) is 4.62. The molecule has 2 aliphatic rings. The van der Waals surface area contributed by atoms with Gasteiger partial charge in [0.15, 0.2) is 0 Å². The van der Waals surface area contributed by atoms with Crippen molar-refractivity contribution in [3.63, 3.8) is 0 Å². The Balaban J connectivity index is 1.99. The largest absolute Gasteiger partial charge is 0.378 e. The highest BCUT2D eigenvalue weighted by Crippen LogP contribution is 2.27. The van der Waals surface area contributed by atoms with E-state index in [2.05, 4.69) is 37.9 Å². The van der Waals surface area contributed by atoms with Gasteiger partial charge >= 0.3 is 0 Å². The molecule has 0 bridgehead atoms. The normalized spacial score (nSPS) is 34.5. The highest BCUT2D eigenvalue weighted by Gasteiger charge is 2.40. The minimum atomic E-state index is 0.0161. The highest BCUT2D eigenvalue weighted by molar-refractivity contribution is 5.84. The molecule has 20 heavy (non-hydrogen) atoms. The van der Waals surface area contributed by atoms with E-state index < -0.39 is 0 Å². The molecule has 1 N–H and O–H groups in total. The summed E-state index contributed by atoms with van der Waals surface area (Å²) in [5.41, 5.74) is 0. The predicted octanol–water partition coefficient (Wildman–Crippen LogP) is 2.38. The van der Waals surface area contributed by atoms with Gasteiger partial charge in [-0.1, -0.05) is 27.7 Å². The molecule has 0 aromatic heterocycles. The van der Waals surface area contributed by atoms with Crippen molar-refractivity contribution in [1.29, 1.82) is 0 Å². The van der Waals surface area contributed by atoms with Gasteiger partial charge < -0.3 is 9.64 Å². The van der Waals surface area contributed by atoms with Crippen LogP contribution in [0.2, 0.25) is 0 Å². The maximum atomic E-state index is 12.6. The number of nitrogens with zero attached hydrogens (tertiary/aromatic N) is 1. The maximum Gasteiger partial charge on any atom is 0.241 e. The van der Waals surface area contributed by atoms with Gasteiger partial charge in [-0.25, -0.2) is 0 Å². The number of carbonyl (C=O) groups is 1. The Kier molecular flexibility index (Phi) is 5.44. The summed E-state index contributed by atoms with van der Waals surface area (Å²) in [6, 6.07) is 0.0161. The van der Waals surface area contributed by atoms with Crippen molar-refractivity contribution in [3.05, 3.63) is 0 Å². The van der Waals surface area contributed by atoms with Gasteiger partial charge in [-0.15, -0.1) is 0 Å². The zero-order valence-corrected chi connectivity index (χ0v) is 13.4. The van der Waals surface area contributed by atoms with Crippen LogP contribution in [0.1, 0.15) is 53.4 Å². The Morgan fingerprint density at radius 2 is 2.10 bits per heavy atom. The Morgan fingerprint density at radius 3 is 2.70 bits per heavy atom. The van der Waals surface area contributed by atoms with Crippen LogP contribution in [0.25, 0.3) is 0 Å². The van der Waals surface area contributed by atoms with E-state index in [4.69, 9.17) is 4.74 Å². The number of hydrogen-bond donors (Lipinski definition) is 1. The van der Waals surface area contributed by atoms with Crippen molar-refractivity contribution in [3.8, 4) is 0 Å². The lowest BCUT2D eigenvalue weighted by Crippen LogP contribution is -2.41. The van der Waals surface area contributed by atoms with Gasteiger partial charge in [-0.2, -0.15) is 0 Å². The van der Waals surface area contributed by atoms with E-state index in [-0.39, 0.29) is 12.2 Å². The lowest BCUT2D eigenvalue weighted by molar-refractivity contribution is -0.131. The first-order valence-corrected chi connectivity index (χ1v) is 8.24. The van der Waals surface area contributed by atoms with E-state index in [1.54, 1.807) is 0 Å². The van der Waals surface area contributed by atoms with Gasteiger partial charge in [0.05, 0.1) is 18.3 Å². The molecule has 0 radical (unpaired) electrons. The van der Waals surface area contributed by atoms with Crippen LogP contribution >= 0.6 is 0 Å². The molecular formula is C16H30N2O2. The third kappa shape index (κ3) is 3.34. The van der Waals surface area contributed by atoms with Crippen molar-refractivity contribution in [2.45, 2.75) is 71.7 Å². The molecule has 4 nitrogen and oxygen atoms in total. The number of nitrogens with one attached hydrogen (secondary N) is 1. The molecule has 1 amide bonds. The number of hydrogen-bond acceptors (Lipinski definition) is 3. The fourth-order valence-electron chi connectivity index (χ4n) is 3.55. The predicted molar refractivity (Wildman–Crippen MR) is 80.3 cm³/mol. The van der Waals surface area contributed by atoms with Crippen LogP contribution in [0.3, 0.4) is 0 Å². The van der Waals surface area contributed by atoms with Crippen molar-refractivity contribution in [2.24, 2.45) is 11.8 Å². The van der Waals surface area contributed by atoms with Crippen LogP contribution in [-0.4, -0.2) is 42.3 Å². The van der Waals surface area contributed by atoms with Gasteiger partial charge in [0, 0.05) is 19.1 Å². The average molecular weight is 282 g/mol. The number of rotatable bonds is 6. The van der Waals surface area contributed by atoms with Gasteiger partial charge in [-0.3, -0.25) is 10.1 Å². The average Bonchev–Trinajstić information content (AvgIpc) is 2.97. The van der Waals surface area contributed by atoms with Crippen LogP contribution in [-0.2, 0) is 9.53 Å². The molecule has 2 rings (SSSR count). The molecule has 0 aromatic carbocycles. The van der Waals surface area contributed by atoms with Crippen molar-refractivity contribution in [1.82, 2.24) is 10.2 Å². The SMILES string of the molecule is CCC1OCCC1CN1C(=O)C(CC(C)C)NC1CC. The lowest BCUT2D eigenvalue weighted by Gasteiger charge is -2.28. The Bertz CT molecular complexity index is 332. The van der Waals surface area contributed by atoms with E-state index in [9.17, 15) is 4.79 Å². The van der Waals surface area contributed by atoms with Gasteiger partial charge in [-0.05, 0) is 31.6 Å². The Hall–Kier alpha value is -0.610.